The van der Waals surface area contributed by atoms with Crippen LogP contribution in [0.5, 0.6) is 11.6 Å². The highest BCUT2D eigenvalue weighted by Gasteiger charge is 2.35. The topological polar surface area (TPSA) is 130 Å². The Balaban J connectivity index is 1.29. The minimum absolute atomic E-state index is 0.164. The minimum atomic E-state index is -0.472. The van der Waals surface area contributed by atoms with E-state index in [1.807, 2.05) is 37.3 Å². The summed E-state index contributed by atoms with van der Waals surface area (Å²) in [6.07, 6.45) is 3.50. The molecule has 1 saturated heterocycles. The first-order valence-electron chi connectivity index (χ1n) is 12.2. The van der Waals surface area contributed by atoms with Gasteiger partial charge in [0, 0.05) is 31.4 Å². The number of nitrogens with zero attached hydrogens (tertiary/aromatic N) is 5. The van der Waals surface area contributed by atoms with Crippen LogP contribution >= 0.6 is 11.3 Å². The molecule has 1 aromatic carbocycles. The molecule has 2 aliphatic heterocycles. The highest BCUT2D eigenvalue weighted by Crippen LogP contribution is 2.46. The second-order valence-electron chi connectivity index (χ2n) is 9.13. The zero-order valence-electron chi connectivity index (χ0n) is 20.9. The highest BCUT2D eigenvalue weighted by atomic mass is 32.1. The fourth-order valence-electron chi connectivity index (χ4n) is 4.75. The zero-order chi connectivity index (χ0) is 27.1. The van der Waals surface area contributed by atoms with Gasteiger partial charge in [-0.05, 0) is 43.2 Å². The van der Waals surface area contributed by atoms with E-state index in [1.165, 1.54) is 22.3 Å². The fourth-order valence-corrected chi connectivity index (χ4v) is 5.77. The molecule has 4 amide bonds. The molecule has 0 bridgehead atoms. The number of benzene rings is 1. The van der Waals surface area contributed by atoms with Crippen molar-refractivity contribution in [3.05, 3.63) is 71.8 Å². The number of pyridine rings is 1. The molecule has 5 heterocycles. The van der Waals surface area contributed by atoms with Crippen molar-refractivity contribution >= 4 is 56.6 Å². The number of thiophene rings is 1. The van der Waals surface area contributed by atoms with Crippen LogP contribution in [0.4, 0.5) is 22.0 Å². The lowest BCUT2D eigenvalue weighted by atomic mass is 10.1. The Morgan fingerprint density at radius 3 is 2.82 bits per heavy atom. The van der Waals surface area contributed by atoms with Gasteiger partial charge in [0.2, 0.25) is 11.8 Å². The molecule has 0 saturated carbocycles. The molecule has 3 aromatic heterocycles. The smallest absolute Gasteiger partial charge is 0.332 e. The van der Waals surface area contributed by atoms with E-state index in [1.54, 1.807) is 23.2 Å². The van der Waals surface area contributed by atoms with Crippen LogP contribution in [0.25, 0.3) is 10.2 Å². The number of hydrogen-bond acceptors (Lipinski definition) is 8. The summed E-state index contributed by atoms with van der Waals surface area (Å²) in [5.74, 6) is 0.764. The molecule has 4 aromatic rings. The maximum absolute atomic E-state index is 13.4. The Bertz CT molecular complexity index is 1640. The van der Waals surface area contributed by atoms with E-state index in [-0.39, 0.29) is 17.9 Å². The molecular weight excluding hydrogens is 518 g/mol. The molecule has 11 nitrogen and oxygen atoms in total. The van der Waals surface area contributed by atoms with Gasteiger partial charge in [0.05, 0.1) is 16.8 Å². The first-order chi connectivity index (χ1) is 18.9. The molecule has 1 atom stereocenters. The summed E-state index contributed by atoms with van der Waals surface area (Å²) in [7, 11) is 0. The number of rotatable bonds is 6. The maximum Gasteiger partial charge on any atom is 0.332 e. The van der Waals surface area contributed by atoms with Crippen molar-refractivity contribution in [1.82, 2.24) is 25.4 Å². The summed E-state index contributed by atoms with van der Waals surface area (Å²) >= 11 is 1.20. The number of likely N-dealkylation sites (tertiary alicyclic amines) is 1. The Kier molecular flexibility index (Phi) is 6.15. The summed E-state index contributed by atoms with van der Waals surface area (Å²) in [6, 6.07) is 12.0. The lowest BCUT2D eigenvalue weighted by Crippen LogP contribution is -2.39. The molecule has 2 N–H and O–H groups in total. The molecule has 2 aliphatic rings. The summed E-state index contributed by atoms with van der Waals surface area (Å²) < 4.78 is 5.78. The Morgan fingerprint density at radius 1 is 1.23 bits per heavy atom. The number of hydrogen-bond donors (Lipinski definition) is 2. The number of ether oxygens (including phenoxy) is 1. The van der Waals surface area contributed by atoms with Crippen molar-refractivity contribution in [2.75, 3.05) is 23.3 Å². The van der Waals surface area contributed by atoms with Crippen molar-refractivity contribution in [3.63, 3.8) is 0 Å². The molecule has 0 spiro atoms. The highest BCUT2D eigenvalue weighted by molar-refractivity contribution is 7.21. The number of carbonyl (C=O) groups excluding carboxylic acids is 3. The van der Waals surface area contributed by atoms with Crippen molar-refractivity contribution in [2.24, 2.45) is 0 Å². The van der Waals surface area contributed by atoms with Gasteiger partial charge in [-0.25, -0.2) is 14.7 Å². The van der Waals surface area contributed by atoms with Crippen molar-refractivity contribution in [3.8, 4) is 11.6 Å². The van der Waals surface area contributed by atoms with Gasteiger partial charge in [0.15, 0.2) is 5.82 Å². The molecule has 12 heteroatoms. The van der Waals surface area contributed by atoms with Gasteiger partial charge in [-0.3, -0.25) is 9.59 Å². The van der Waals surface area contributed by atoms with Gasteiger partial charge in [-0.1, -0.05) is 24.8 Å². The van der Waals surface area contributed by atoms with Gasteiger partial charge in [0.1, 0.15) is 15.5 Å². The van der Waals surface area contributed by atoms with Crippen LogP contribution in [0.3, 0.4) is 0 Å². The molecule has 1 unspecified atom stereocenters. The summed E-state index contributed by atoms with van der Waals surface area (Å²) in [4.78, 5) is 47.1. The Morgan fingerprint density at radius 2 is 2.05 bits per heavy atom. The Hall–Kier alpha value is -4.84. The maximum atomic E-state index is 13.4. The molecule has 196 valence electrons. The minimum Gasteiger partial charge on any atom is -0.438 e. The Labute approximate surface area is 227 Å². The van der Waals surface area contributed by atoms with Crippen LogP contribution < -0.4 is 20.3 Å². The zero-order valence-corrected chi connectivity index (χ0v) is 21.7. The predicted molar refractivity (Wildman–Crippen MR) is 147 cm³/mol. The van der Waals surface area contributed by atoms with E-state index in [2.05, 4.69) is 32.4 Å². The number of aromatic nitrogens is 3. The van der Waals surface area contributed by atoms with Gasteiger partial charge in [0.25, 0.3) is 5.91 Å². The van der Waals surface area contributed by atoms with Gasteiger partial charge in [-0.15, -0.1) is 21.5 Å². The van der Waals surface area contributed by atoms with E-state index < -0.39 is 6.03 Å². The van der Waals surface area contributed by atoms with Crippen LogP contribution in [0.1, 0.15) is 21.7 Å². The van der Waals surface area contributed by atoms with Gasteiger partial charge < -0.3 is 20.3 Å². The molecule has 1 fully saturated rings. The number of carbonyl (C=O) groups is 3. The second kappa shape index (κ2) is 9.80. The number of urea groups is 1. The van der Waals surface area contributed by atoms with Crippen LogP contribution in [0.15, 0.2) is 61.3 Å². The van der Waals surface area contributed by atoms with E-state index >= 15 is 0 Å². The van der Waals surface area contributed by atoms with Crippen LogP contribution in [-0.4, -0.2) is 57.1 Å². The van der Waals surface area contributed by atoms with Gasteiger partial charge in [-0.2, -0.15) is 0 Å². The van der Waals surface area contributed by atoms with E-state index in [0.717, 1.165) is 0 Å². The van der Waals surface area contributed by atoms with Crippen molar-refractivity contribution in [1.29, 1.82) is 0 Å². The molecule has 0 radical (unpaired) electrons. The third-order valence-electron chi connectivity index (χ3n) is 6.58. The normalized spacial score (nSPS) is 16.2. The van der Waals surface area contributed by atoms with Crippen molar-refractivity contribution < 1.29 is 19.1 Å². The lowest BCUT2D eigenvalue weighted by Gasteiger charge is -2.28. The average molecular weight is 542 g/mol. The number of nitrogens with one attached hydrogen (secondary N) is 2. The number of para-hydroxylation sites is 1. The number of amides is 4. The quantitative estimate of drug-likeness (QED) is 0.346. The lowest BCUT2D eigenvalue weighted by molar-refractivity contribution is -0.125. The molecule has 39 heavy (non-hydrogen) atoms. The first kappa shape index (κ1) is 24.5. The third kappa shape index (κ3) is 4.44. The van der Waals surface area contributed by atoms with E-state index in [9.17, 15) is 14.4 Å². The van der Waals surface area contributed by atoms with Crippen LogP contribution in [0, 0.1) is 6.92 Å². The number of aryl methyl sites for hydroxylation is 1. The van der Waals surface area contributed by atoms with Crippen LogP contribution in [0.2, 0.25) is 0 Å². The van der Waals surface area contributed by atoms with E-state index in [0.29, 0.717) is 69.0 Å². The number of anilines is 3. The third-order valence-corrected chi connectivity index (χ3v) is 7.67. The monoisotopic (exact) mass is 541 g/mol. The molecule has 6 rings (SSSR count). The summed E-state index contributed by atoms with van der Waals surface area (Å²) in [5, 5.41) is 15.0. The standard InChI is InChI=1S/C27H23N7O4S/c1-3-20(35)33-12-10-16(14-33)29-25(36)23-22-21-18(9-11-28-26(21)39-23)34(27(37)30-22)24-15(2)13-19(31-32-24)38-17-7-5-4-6-8-17/h3-9,11,13,16H,1,10,12,14H2,2H3,(H,29,36)(H,30,37). The average Bonchev–Trinajstić information content (AvgIpc) is 3.55. The SMILES string of the molecule is C=CC(=O)N1CCC(NC(=O)c2sc3nccc4c3c2NC(=O)N4c2nnc(Oc3ccccc3)cc2C)C1. The van der Waals surface area contributed by atoms with Gasteiger partial charge >= 0.3 is 6.03 Å². The van der Waals surface area contributed by atoms with Crippen molar-refractivity contribution in [2.45, 2.75) is 19.4 Å². The second-order valence-corrected chi connectivity index (χ2v) is 10.1. The predicted octanol–water partition coefficient (Wildman–Crippen LogP) is 4.39. The largest absolute Gasteiger partial charge is 0.438 e. The molecule has 0 aliphatic carbocycles. The molecular formula is C27H23N7O4S. The fraction of sp³-hybridized carbons (Fsp3) is 0.185. The van der Waals surface area contributed by atoms with E-state index in [4.69, 9.17) is 4.74 Å². The summed E-state index contributed by atoms with van der Waals surface area (Å²) in [5.41, 5.74) is 1.63. The first-order valence-corrected chi connectivity index (χ1v) is 13.1. The van der Waals surface area contributed by atoms with Crippen LogP contribution in [-0.2, 0) is 4.79 Å². The summed E-state index contributed by atoms with van der Waals surface area (Å²) in [6.45, 7) is 6.29.